The molecule has 8 nitrogen and oxygen atoms in total. The van der Waals surface area contributed by atoms with Gasteiger partial charge in [0.15, 0.2) is 5.96 Å². The number of nitrogens with zero attached hydrogens (tertiary/aromatic N) is 4. The Morgan fingerprint density at radius 3 is 2.47 bits per heavy atom. The van der Waals surface area contributed by atoms with Crippen molar-refractivity contribution in [2.24, 2.45) is 10.9 Å². The number of aliphatic hydroxyl groups is 1. The van der Waals surface area contributed by atoms with Gasteiger partial charge < -0.3 is 25.0 Å². The van der Waals surface area contributed by atoms with Gasteiger partial charge in [0.05, 0.1) is 12.6 Å². The van der Waals surface area contributed by atoms with Gasteiger partial charge in [0.2, 0.25) is 0 Å². The predicted molar refractivity (Wildman–Crippen MR) is 138 cm³/mol. The number of piperidine rings is 1. The molecule has 0 bridgehead atoms. The van der Waals surface area contributed by atoms with Crippen LogP contribution in [0.15, 0.2) is 29.5 Å². The molecule has 0 saturated carbocycles. The number of amides is 1. The van der Waals surface area contributed by atoms with Crippen molar-refractivity contribution in [3.8, 4) is 0 Å². The molecule has 1 atom stereocenters. The summed E-state index contributed by atoms with van der Waals surface area (Å²) < 4.78 is 5.53. The summed E-state index contributed by atoms with van der Waals surface area (Å²) in [7, 11) is 0. The van der Waals surface area contributed by atoms with E-state index in [9.17, 15) is 9.90 Å². The Bertz CT molecular complexity index is 703. The molecule has 9 heteroatoms. The first kappa shape index (κ1) is 28.4. The van der Waals surface area contributed by atoms with Crippen LogP contribution < -0.4 is 5.32 Å². The monoisotopic (exact) mass is 561 g/mol. The predicted octanol–water partition coefficient (Wildman–Crippen LogP) is 3.67. The third-order valence-corrected chi connectivity index (χ3v) is 5.27. The Morgan fingerprint density at radius 1 is 1.31 bits per heavy atom. The van der Waals surface area contributed by atoms with Gasteiger partial charge in [-0.05, 0) is 71.1 Å². The van der Waals surface area contributed by atoms with Gasteiger partial charge in [0.1, 0.15) is 5.60 Å². The van der Waals surface area contributed by atoms with Crippen molar-refractivity contribution in [2.45, 2.75) is 59.2 Å². The van der Waals surface area contributed by atoms with Crippen LogP contribution in [-0.4, -0.2) is 76.8 Å². The van der Waals surface area contributed by atoms with Crippen LogP contribution in [0.4, 0.5) is 4.79 Å². The van der Waals surface area contributed by atoms with Crippen LogP contribution in [0.3, 0.4) is 0 Å². The van der Waals surface area contributed by atoms with E-state index in [4.69, 9.17) is 4.74 Å². The Labute approximate surface area is 209 Å². The zero-order chi connectivity index (χ0) is 22.9. The van der Waals surface area contributed by atoms with Gasteiger partial charge in [-0.15, -0.1) is 24.0 Å². The highest BCUT2D eigenvalue weighted by molar-refractivity contribution is 14.0. The van der Waals surface area contributed by atoms with Crippen molar-refractivity contribution in [2.75, 3.05) is 39.3 Å². The highest BCUT2D eigenvalue weighted by Gasteiger charge is 2.27. The van der Waals surface area contributed by atoms with Gasteiger partial charge in [-0.25, -0.2) is 4.79 Å². The smallest absolute Gasteiger partial charge is 0.410 e. The van der Waals surface area contributed by atoms with Crippen molar-refractivity contribution < 1.29 is 14.6 Å². The van der Waals surface area contributed by atoms with Crippen LogP contribution in [0, 0.1) is 5.92 Å². The number of halogens is 1. The molecule has 1 aliphatic rings. The number of carbonyl (C=O) groups excluding carboxylic acids is 1. The highest BCUT2D eigenvalue weighted by Crippen LogP contribution is 2.20. The molecule has 2 heterocycles. The molecule has 0 aromatic carbocycles. The number of aliphatic imine (C=N–C) groups is 1. The molecule has 182 valence electrons. The Balaban J connectivity index is 0.00000512. The molecule has 1 aliphatic heterocycles. The molecule has 1 saturated heterocycles. The third kappa shape index (κ3) is 9.48. The van der Waals surface area contributed by atoms with E-state index in [1.54, 1.807) is 17.3 Å². The van der Waals surface area contributed by atoms with Crippen LogP contribution in [0.25, 0.3) is 0 Å². The molecule has 2 N–H and O–H groups in total. The number of likely N-dealkylation sites (tertiary alicyclic amines) is 1. The highest BCUT2D eigenvalue weighted by atomic mass is 127. The summed E-state index contributed by atoms with van der Waals surface area (Å²) in [5, 5.41) is 13.7. The SMILES string of the molecule is CCNC(=NCC(O)c1ccncc1)N1CCC(CN(CC)C(=O)OC(C)(C)C)CC1.I. The maximum absolute atomic E-state index is 12.4. The Hall–Kier alpha value is -1.62. The van der Waals surface area contributed by atoms with E-state index >= 15 is 0 Å². The van der Waals surface area contributed by atoms with E-state index in [0.29, 0.717) is 25.6 Å². The lowest BCUT2D eigenvalue weighted by Crippen LogP contribution is -2.48. The van der Waals surface area contributed by atoms with Crippen molar-refractivity contribution in [1.29, 1.82) is 0 Å². The first-order chi connectivity index (χ1) is 14.7. The van der Waals surface area contributed by atoms with E-state index in [1.165, 1.54) is 0 Å². The quantitative estimate of drug-likeness (QED) is 0.300. The minimum absolute atomic E-state index is 0. The minimum Gasteiger partial charge on any atom is -0.444 e. The van der Waals surface area contributed by atoms with E-state index in [1.807, 2.05) is 46.8 Å². The molecule has 1 aromatic heterocycles. The number of hydrogen-bond acceptors (Lipinski definition) is 5. The average Bonchev–Trinajstić information content (AvgIpc) is 2.74. The number of aliphatic hydroxyl groups excluding tert-OH is 1. The van der Waals surface area contributed by atoms with E-state index in [0.717, 1.165) is 44.0 Å². The molecule has 1 amide bonds. The summed E-state index contributed by atoms with van der Waals surface area (Å²) >= 11 is 0. The van der Waals surface area contributed by atoms with Gasteiger partial charge >= 0.3 is 6.09 Å². The van der Waals surface area contributed by atoms with Gasteiger partial charge in [0.25, 0.3) is 0 Å². The topological polar surface area (TPSA) is 90.3 Å². The minimum atomic E-state index is -0.652. The molecule has 1 aromatic rings. The lowest BCUT2D eigenvalue weighted by Gasteiger charge is -2.36. The summed E-state index contributed by atoms with van der Waals surface area (Å²) in [5.41, 5.74) is 0.335. The Morgan fingerprint density at radius 2 is 1.94 bits per heavy atom. The molecule has 0 spiro atoms. The van der Waals surface area contributed by atoms with E-state index in [2.05, 4.69) is 20.2 Å². The molecule has 2 rings (SSSR count). The van der Waals surface area contributed by atoms with Crippen molar-refractivity contribution in [3.63, 3.8) is 0 Å². The molecule has 1 unspecified atom stereocenters. The fourth-order valence-corrected chi connectivity index (χ4v) is 3.59. The van der Waals surface area contributed by atoms with E-state index in [-0.39, 0.29) is 30.1 Å². The van der Waals surface area contributed by atoms with Crippen molar-refractivity contribution in [3.05, 3.63) is 30.1 Å². The van der Waals surface area contributed by atoms with Gasteiger partial charge in [-0.3, -0.25) is 9.98 Å². The molecule has 0 radical (unpaired) electrons. The van der Waals surface area contributed by atoms with E-state index < -0.39 is 11.7 Å². The van der Waals surface area contributed by atoms with Crippen LogP contribution in [-0.2, 0) is 4.74 Å². The number of rotatable bonds is 7. The van der Waals surface area contributed by atoms with Gasteiger partial charge in [-0.2, -0.15) is 0 Å². The number of ether oxygens (including phenoxy) is 1. The van der Waals surface area contributed by atoms with Crippen LogP contribution in [0.1, 0.15) is 59.1 Å². The van der Waals surface area contributed by atoms with Crippen LogP contribution in [0.2, 0.25) is 0 Å². The maximum Gasteiger partial charge on any atom is 0.410 e. The molecule has 0 aliphatic carbocycles. The largest absolute Gasteiger partial charge is 0.444 e. The average molecular weight is 562 g/mol. The molecular formula is C23H40IN5O3. The lowest BCUT2D eigenvalue weighted by atomic mass is 9.96. The first-order valence-electron chi connectivity index (χ1n) is 11.3. The molecule has 1 fully saturated rings. The van der Waals surface area contributed by atoms with Crippen molar-refractivity contribution >= 4 is 36.0 Å². The van der Waals surface area contributed by atoms with Crippen molar-refractivity contribution in [1.82, 2.24) is 20.1 Å². The summed E-state index contributed by atoms with van der Waals surface area (Å²) in [5.74, 6) is 1.27. The standard InChI is InChI=1S/C23H39N5O3.HI/c1-6-25-21(26-16-20(29)19-8-12-24-13-9-19)28-14-10-18(11-15-28)17-27(7-2)22(30)31-23(3,4)5;/h8-9,12-13,18,20,29H,6-7,10-11,14-17H2,1-5H3,(H,25,26);1H. The second kappa shape index (κ2) is 13.8. The fourth-order valence-electron chi connectivity index (χ4n) is 3.59. The molecular weight excluding hydrogens is 521 g/mol. The number of nitrogens with one attached hydrogen (secondary N) is 1. The zero-order valence-corrected chi connectivity index (χ0v) is 22.4. The van der Waals surface area contributed by atoms with Crippen LogP contribution >= 0.6 is 24.0 Å². The zero-order valence-electron chi connectivity index (χ0n) is 20.1. The Kier molecular flexibility index (Phi) is 12.3. The number of aromatic nitrogens is 1. The normalized spacial score (nSPS) is 16.2. The van der Waals surface area contributed by atoms with Gasteiger partial charge in [-0.1, -0.05) is 0 Å². The number of carbonyl (C=O) groups is 1. The fraction of sp³-hybridized carbons (Fsp3) is 0.696. The molecule has 32 heavy (non-hydrogen) atoms. The number of guanidine groups is 1. The number of pyridine rings is 1. The summed E-state index contributed by atoms with van der Waals surface area (Å²) in [6.45, 7) is 13.9. The lowest BCUT2D eigenvalue weighted by molar-refractivity contribution is 0.0214. The first-order valence-corrected chi connectivity index (χ1v) is 11.3. The summed E-state index contributed by atoms with van der Waals surface area (Å²) in [4.78, 5) is 25.1. The maximum atomic E-state index is 12.4. The summed E-state index contributed by atoms with van der Waals surface area (Å²) in [6, 6.07) is 3.62. The number of hydrogen-bond donors (Lipinski definition) is 2. The second-order valence-electron chi connectivity index (χ2n) is 8.94. The second-order valence-corrected chi connectivity index (χ2v) is 8.94. The van der Waals surface area contributed by atoms with Gasteiger partial charge in [0, 0.05) is 45.1 Å². The summed E-state index contributed by atoms with van der Waals surface area (Å²) in [6.07, 6.45) is 4.43. The van der Waals surface area contributed by atoms with Crippen LogP contribution in [0.5, 0.6) is 0 Å². The third-order valence-electron chi connectivity index (χ3n) is 5.27.